The quantitative estimate of drug-likeness (QED) is 0.132. The van der Waals surface area contributed by atoms with E-state index in [2.05, 4.69) is 6.07 Å². The molecule has 0 aliphatic rings. The molecule has 402 valence electrons. The van der Waals surface area contributed by atoms with Crippen LogP contribution in [0.4, 0.5) is 26.3 Å². The fraction of sp³-hybridized carbons (Fsp3) is 0.0290. The molecule has 14 rings (SSSR count). The van der Waals surface area contributed by atoms with Gasteiger partial charge in [-0.25, -0.2) is 29.9 Å². The van der Waals surface area contributed by atoms with E-state index in [1.54, 1.807) is 63.7 Å². The molecule has 9 nitrogen and oxygen atoms in total. The minimum atomic E-state index is -5.27. The summed E-state index contributed by atoms with van der Waals surface area (Å²) < 4.78 is 97.3. The third-order valence-electron chi connectivity index (χ3n) is 14.9. The summed E-state index contributed by atoms with van der Waals surface area (Å²) in [5.74, 6) is 2.39. The highest BCUT2D eigenvalue weighted by molar-refractivity contribution is 6.12. The van der Waals surface area contributed by atoms with Gasteiger partial charge in [-0.15, -0.1) is 0 Å². The lowest BCUT2D eigenvalue weighted by molar-refractivity contribution is -0.142. The molecule has 15 heteroatoms. The Morgan fingerprint density at radius 1 is 0.310 bits per heavy atom. The van der Waals surface area contributed by atoms with Crippen LogP contribution < -0.4 is 0 Å². The van der Waals surface area contributed by atoms with Crippen LogP contribution in [0.2, 0.25) is 0 Å². The Labute approximate surface area is 474 Å². The molecule has 0 unspecified atom stereocenters. The molecule has 84 heavy (non-hydrogen) atoms. The Morgan fingerprint density at radius 2 is 0.643 bits per heavy atom. The van der Waals surface area contributed by atoms with E-state index in [9.17, 15) is 5.26 Å². The fourth-order valence-corrected chi connectivity index (χ4v) is 11.2. The van der Waals surface area contributed by atoms with Crippen molar-refractivity contribution in [1.82, 2.24) is 39.0 Å². The average molecular weight is 1110 g/mol. The lowest BCUT2D eigenvalue weighted by Gasteiger charge is -2.24. The second-order valence-corrected chi connectivity index (χ2v) is 20.0. The van der Waals surface area contributed by atoms with Gasteiger partial charge in [0.1, 0.15) is 6.07 Å². The summed E-state index contributed by atoms with van der Waals surface area (Å²) >= 11 is 0. The molecular formula is C69H39F6N9. The van der Waals surface area contributed by atoms with Gasteiger partial charge in [-0.1, -0.05) is 164 Å². The SMILES string of the molecule is N#Cc1cc(-n2c3ccccc3c3cc(-c4nc(-c5ccccc5)nc(-c5ccccc5)n4)ccc32)c(-c2c(C(F)(F)F)cccc2C(F)(F)F)cc1-n1c2ccccc2c2cc(-c3nc(-c4ccccc4)nc(-c4ccccc4)n3)ccc21. The summed E-state index contributed by atoms with van der Waals surface area (Å²) in [4.78, 5) is 29.4. The molecule has 4 aromatic heterocycles. The molecular weight excluding hydrogens is 1070 g/mol. The van der Waals surface area contributed by atoms with Crippen LogP contribution in [0.1, 0.15) is 16.7 Å². The van der Waals surface area contributed by atoms with Gasteiger partial charge in [0.25, 0.3) is 0 Å². The molecule has 0 saturated heterocycles. The molecule has 0 bridgehead atoms. The van der Waals surface area contributed by atoms with Crippen molar-refractivity contribution in [1.29, 1.82) is 5.26 Å². The van der Waals surface area contributed by atoms with E-state index in [1.165, 1.54) is 12.1 Å². The van der Waals surface area contributed by atoms with E-state index in [0.717, 1.165) is 28.3 Å². The zero-order chi connectivity index (χ0) is 57.3. The first-order valence-corrected chi connectivity index (χ1v) is 26.6. The van der Waals surface area contributed by atoms with E-state index in [0.29, 0.717) is 102 Å². The lowest BCUT2D eigenvalue weighted by Crippen LogP contribution is -2.15. The Morgan fingerprint density at radius 3 is 1.01 bits per heavy atom. The van der Waals surface area contributed by atoms with Gasteiger partial charge in [0, 0.05) is 66.1 Å². The number of nitriles is 1. The van der Waals surface area contributed by atoms with Crippen molar-refractivity contribution in [2.24, 2.45) is 0 Å². The molecule has 0 radical (unpaired) electrons. The second kappa shape index (κ2) is 20.2. The van der Waals surface area contributed by atoms with Gasteiger partial charge in [0.15, 0.2) is 34.9 Å². The smallest absolute Gasteiger partial charge is 0.309 e. The molecule has 0 atom stereocenters. The number of para-hydroxylation sites is 2. The summed E-state index contributed by atoms with van der Waals surface area (Å²) in [6.45, 7) is 0. The molecule has 4 heterocycles. The standard InChI is InChI=1S/C69H39F6N9/c70-68(71,72)53-28-17-29-54(69(73,74)75)61(53)52-39-59(83-55-30-15-13-26-48(55)50-36-45(32-34-57(50)83)66-79-62(41-18-5-1-6-19-41)77-63(80-66)42-20-7-2-8-21-42)47(40-76)38-60(52)84-56-31-16-14-27-49(56)51-37-46(33-35-58(51)84)67-81-64(43-22-9-3-10-23-43)78-65(82-67)44-24-11-4-12-25-44/h1-39H. The van der Waals surface area contributed by atoms with Gasteiger partial charge in [-0.2, -0.15) is 31.6 Å². The summed E-state index contributed by atoms with van der Waals surface area (Å²) in [7, 11) is 0. The van der Waals surface area contributed by atoms with Crippen LogP contribution in [-0.2, 0) is 12.4 Å². The summed E-state index contributed by atoms with van der Waals surface area (Å²) in [5, 5.41) is 13.9. The molecule has 0 saturated carbocycles. The first-order chi connectivity index (χ1) is 40.9. The van der Waals surface area contributed by atoms with Crippen LogP contribution in [-0.4, -0.2) is 39.0 Å². The molecule has 0 aliphatic carbocycles. The maximum atomic E-state index is 15.7. The minimum Gasteiger partial charge on any atom is -0.309 e. The van der Waals surface area contributed by atoms with Gasteiger partial charge in [-0.05, 0) is 72.8 Å². The number of halogens is 6. The zero-order valence-electron chi connectivity index (χ0n) is 43.8. The van der Waals surface area contributed by atoms with Gasteiger partial charge < -0.3 is 9.13 Å². The Kier molecular flexibility index (Phi) is 12.3. The summed E-state index contributed by atoms with van der Waals surface area (Å²) in [6.07, 6.45) is -10.5. The highest BCUT2D eigenvalue weighted by Crippen LogP contribution is 2.49. The third kappa shape index (κ3) is 8.93. The van der Waals surface area contributed by atoms with Crippen LogP contribution in [0.5, 0.6) is 0 Å². The van der Waals surface area contributed by atoms with Crippen molar-refractivity contribution in [2.45, 2.75) is 12.4 Å². The summed E-state index contributed by atoms with van der Waals surface area (Å²) in [6, 6.07) is 70.1. The predicted molar refractivity (Wildman–Crippen MR) is 315 cm³/mol. The van der Waals surface area contributed by atoms with Gasteiger partial charge in [0.05, 0.1) is 50.1 Å². The topological polar surface area (TPSA) is 111 Å². The van der Waals surface area contributed by atoms with Crippen LogP contribution in [0.3, 0.4) is 0 Å². The number of alkyl halides is 6. The van der Waals surface area contributed by atoms with E-state index < -0.39 is 34.6 Å². The molecule has 0 fully saturated rings. The molecule has 0 N–H and O–H groups in total. The van der Waals surface area contributed by atoms with Gasteiger partial charge in [0.2, 0.25) is 0 Å². The normalized spacial score (nSPS) is 11.9. The van der Waals surface area contributed by atoms with Crippen molar-refractivity contribution < 1.29 is 26.3 Å². The van der Waals surface area contributed by atoms with Crippen molar-refractivity contribution in [2.75, 3.05) is 0 Å². The van der Waals surface area contributed by atoms with Gasteiger partial charge in [-0.3, -0.25) is 0 Å². The van der Waals surface area contributed by atoms with Crippen molar-refractivity contribution in [3.05, 3.63) is 253 Å². The van der Waals surface area contributed by atoms with Crippen LogP contribution in [0.25, 0.3) is 134 Å². The number of nitrogens with zero attached hydrogens (tertiary/aromatic N) is 9. The van der Waals surface area contributed by atoms with E-state index >= 15 is 26.3 Å². The predicted octanol–water partition coefficient (Wildman–Crippen LogP) is 17.8. The molecule has 10 aromatic carbocycles. The highest BCUT2D eigenvalue weighted by Gasteiger charge is 2.42. The fourth-order valence-electron chi connectivity index (χ4n) is 11.2. The number of aromatic nitrogens is 8. The Balaban J connectivity index is 1.02. The van der Waals surface area contributed by atoms with Gasteiger partial charge >= 0.3 is 12.4 Å². The summed E-state index contributed by atoms with van der Waals surface area (Å²) in [5.41, 5.74) is 1.44. The number of hydrogen-bond acceptors (Lipinski definition) is 7. The Bertz CT molecular complexity index is 4790. The van der Waals surface area contributed by atoms with E-state index in [1.807, 2.05) is 152 Å². The van der Waals surface area contributed by atoms with E-state index in [4.69, 9.17) is 29.9 Å². The van der Waals surface area contributed by atoms with Crippen LogP contribution >= 0.6 is 0 Å². The maximum absolute atomic E-state index is 15.7. The number of fused-ring (bicyclic) bond motifs is 6. The van der Waals surface area contributed by atoms with E-state index in [-0.39, 0.29) is 16.9 Å². The largest absolute Gasteiger partial charge is 0.417 e. The van der Waals surface area contributed by atoms with Crippen molar-refractivity contribution in [3.8, 4) is 96.9 Å². The van der Waals surface area contributed by atoms with Crippen LogP contribution in [0.15, 0.2) is 237 Å². The number of benzene rings is 10. The molecule has 0 aliphatic heterocycles. The first kappa shape index (κ1) is 51.1. The molecule has 0 spiro atoms. The average Bonchev–Trinajstić information content (AvgIpc) is 1.78. The second-order valence-electron chi connectivity index (χ2n) is 20.0. The Hall–Kier alpha value is -11.1. The maximum Gasteiger partial charge on any atom is 0.417 e. The van der Waals surface area contributed by atoms with Crippen molar-refractivity contribution >= 4 is 43.6 Å². The monoisotopic (exact) mass is 1110 g/mol. The lowest BCUT2D eigenvalue weighted by atomic mass is 9.90. The first-order valence-electron chi connectivity index (χ1n) is 26.6. The zero-order valence-corrected chi connectivity index (χ0v) is 43.8. The molecule has 14 aromatic rings. The number of hydrogen-bond donors (Lipinski definition) is 0. The molecule has 0 amide bonds. The van der Waals surface area contributed by atoms with Crippen LogP contribution in [0, 0.1) is 11.3 Å². The minimum absolute atomic E-state index is 0.0365. The third-order valence-corrected chi connectivity index (χ3v) is 14.9. The number of rotatable bonds is 9. The van der Waals surface area contributed by atoms with Crippen molar-refractivity contribution in [3.63, 3.8) is 0 Å². The highest BCUT2D eigenvalue weighted by atomic mass is 19.4.